The van der Waals surface area contributed by atoms with Crippen LogP contribution in [0.15, 0.2) is 194 Å². The summed E-state index contributed by atoms with van der Waals surface area (Å²) in [6.07, 6.45) is 18.2. The Balaban J connectivity index is 0.000000157. The van der Waals surface area contributed by atoms with Crippen molar-refractivity contribution in [3.63, 3.8) is 0 Å². The number of methoxy groups -OCH3 is 4. The highest BCUT2D eigenvalue weighted by Crippen LogP contribution is 2.54. The zero-order valence-corrected chi connectivity index (χ0v) is 50.3. The van der Waals surface area contributed by atoms with Crippen LogP contribution in [0.1, 0.15) is 70.8 Å². The van der Waals surface area contributed by atoms with Gasteiger partial charge in [-0.15, -0.1) is 18.8 Å². The van der Waals surface area contributed by atoms with E-state index < -0.39 is 11.2 Å². The summed E-state index contributed by atoms with van der Waals surface area (Å²) in [5, 5.41) is 31.2. The molecular formula is C77H68N2O9. The molecule has 4 N–H and O–H groups in total. The Morgan fingerprint density at radius 1 is 0.545 bits per heavy atom. The van der Waals surface area contributed by atoms with Crippen LogP contribution in [0.3, 0.4) is 0 Å². The van der Waals surface area contributed by atoms with Crippen molar-refractivity contribution < 1.29 is 43.5 Å². The summed E-state index contributed by atoms with van der Waals surface area (Å²) in [6.45, 7) is 4.61. The normalized spacial score (nSPS) is 14.2. The molecule has 13 rings (SSSR count). The van der Waals surface area contributed by atoms with Crippen molar-refractivity contribution in [3.8, 4) is 81.4 Å². The molecule has 0 radical (unpaired) electrons. The lowest BCUT2D eigenvalue weighted by atomic mass is 9.78. The molecule has 440 valence electrons. The third kappa shape index (κ3) is 11.8. The van der Waals surface area contributed by atoms with Crippen LogP contribution < -0.4 is 34.3 Å². The lowest BCUT2D eigenvalue weighted by Crippen LogP contribution is -2.34. The number of fused-ring (bicyclic) bond motifs is 13. The van der Waals surface area contributed by atoms with Crippen molar-refractivity contribution in [2.24, 2.45) is 0 Å². The molecule has 11 nitrogen and oxygen atoms in total. The lowest BCUT2D eigenvalue weighted by molar-refractivity contribution is -0.115. The maximum Gasteiger partial charge on any atom is 0.221 e. The zero-order valence-electron chi connectivity index (χ0n) is 50.3. The van der Waals surface area contributed by atoms with E-state index in [2.05, 4.69) is 108 Å². The van der Waals surface area contributed by atoms with Crippen LogP contribution in [-0.2, 0) is 46.5 Å². The Hall–Kier alpha value is -10.7. The largest absolute Gasteiger partial charge is 0.507 e. The number of hydrogen-bond acceptors (Lipinski definition) is 9. The Morgan fingerprint density at radius 2 is 0.989 bits per heavy atom. The van der Waals surface area contributed by atoms with Gasteiger partial charge in [-0.05, 0) is 154 Å². The first-order valence-corrected chi connectivity index (χ1v) is 28.9. The number of phenols is 1. The lowest BCUT2D eigenvalue weighted by Gasteiger charge is -2.39. The van der Waals surface area contributed by atoms with Gasteiger partial charge in [0.25, 0.3) is 0 Å². The number of phenolic OH excluding ortho intramolecular Hbond substituents is 1. The number of aromatic hydroxyl groups is 1. The smallest absolute Gasteiger partial charge is 0.221 e. The first-order valence-electron chi connectivity index (χ1n) is 28.9. The molecule has 2 amide bonds. The molecule has 10 aromatic carbocycles. The van der Waals surface area contributed by atoms with Crippen LogP contribution in [0.2, 0.25) is 0 Å². The molecule has 3 aliphatic rings. The standard InChI is InChI=1S/C37H31NO4.C20H18O3.C17H15NO2.C3H4/c1-23(39)38-27-16-14-26(15-17-27)37(25-10-5-4-6-11-25)20-19-30-32-22-34(41-3)33(40-2)21-31(32)29-18-13-24-9-7-8-12-28(24)35(29)36(30)42-37;1-22-18-10-13-9-17(21)20-14-6-4-3-5-12(14)7-8-15(20)16(13)11-19(18)23-2;1-3-17(20,14-7-5-4-6-8-14)15-9-11-16(12-10-15)18-13(2)19;1-3-2/h4-12,14-17,19-22H,13,18H2,1-3H3,(H,38,39);3-6,9-11,21H,7-8H2,1-2H3;1,4-12,20H,2H3,(H,18,19);1H,2H3. The van der Waals surface area contributed by atoms with Gasteiger partial charge in [0.15, 0.2) is 34.2 Å². The summed E-state index contributed by atoms with van der Waals surface area (Å²) < 4.78 is 29.7. The van der Waals surface area contributed by atoms with Gasteiger partial charge >= 0.3 is 0 Å². The minimum Gasteiger partial charge on any atom is -0.507 e. The van der Waals surface area contributed by atoms with E-state index in [1.54, 1.807) is 71.8 Å². The van der Waals surface area contributed by atoms with Crippen LogP contribution in [0.5, 0.6) is 34.5 Å². The van der Waals surface area contributed by atoms with E-state index in [0.717, 1.165) is 92.0 Å². The number of nitrogens with one attached hydrogen (secondary N) is 2. The minimum atomic E-state index is -1.48. The maximum atomic E-state index is 11.7. The molecule has 2 aliphatic carbocycles. The SMILES string of the molecule is C#CC.C#CC(O)(c1ccccc1)c1ccc(NC(C)=O)cc1.COc1cc2c3c(c4c(c2cc1OC)CCc1ccccc1-4)OC(c1ccccc1)(c1ccc(NC(C)=O)cc1)C=C3.COc1cc2cc(O)c3c(c2cc1OC)CCc1ccccc1-3. The Bertz CT molecular complexity index is 4350. The van der Waals surface area contributed by atoms with E-state index in [1.807, 2.05) is 84.9 Å². The van der Waals surface area contributed by atoms with Crippen molar-refractivity contribution in [3.05, 3.63) is 244 Å². The van der Waals surface area contributed by atoms with Gasteiger partial charge in [-0.2, -0.15) is 0 Å². The van der Waals surface area contributed by atoms with Gasteiger partial charge < -0.3 is 44.5 Å². The van der Waals surface area contributed by atoms with Crippen molar-refractivity contribution in [1.29, 1.82) is 0 Å². The molecule has 0 bridgehead atoms. The van der Waals surface area contributed by atoms with Crippen molar-refractivity contribution >= 4 is 50.8 Å². The Labute approximate surface area is 514 Å². The molecule has 1 heterocycles. The van der Waals surface area contributed by atoms with E-state index in [9.17, 15) is 19.8 Å². The molecule has 0 spiro atoms. The quantitative estimate of drug-likeness (QED) is 0.0984. The van der Waals surface area contributed by atoms with Gasteiger partial charge in [-0.3, -0.25) is 9.59 Å². The summed E-state index contributed by atoms with van der Waals surface area (Å²) in [5.41, 5.74) is 12.7. The number of ether oxygens (including phenoxy) is 5. The fourth-order valence-corrected chi connectivity index (χ4v) is 12.1. The van der Waals surface area contributed by atoms with Crippen molar-refractivity contribution in [2.45, 2.75) is 57.7 Å². The number of terminal acetylenes is 2. The van der Waals surface area contributed by atoms with E-state index in [-0.39, 0.29) is 11.8 Å². The number of amides is 2. The molecule has 0 fully saturated rings. The van der Waals surface area contributed by atoms with Gasteiger partial charge in [0.2, 0.25) is 11.8 Å². The first-order chi connectivity index (χ1) is 42.7. The van der Waals surface area contributed by atoms with Gasteiger partial charge in [-0.25, -0.2) is 0 Å². The molecule has 1 aliphatic heterocycles. The van der Waals surface area contributed by atoms with Gasteiger partial charge in [0, 0.05) is 64.2 Å². The minimum absolute atomic E-state index is 0.104. The Morgan fingerprint density at radius 3 is 1.52 bits per heavy atom. The summed E-state index contributed by atoms with van der Waals surface area (Å²) in [5.74, 6) is 8.41. The first kappa shape index (κ1) is 60.4. The van der Waals surface area contributed by atoms with Crippen LogP contribution in [-0.4, -0.2) is 50.5 Å². The fourth-order valence-electron chi connectivity index (χ4n) is 12.1. The topological polar surface area (TPSA) is 145 Å². The number of rotatable bonds is 10. The molecule has 0 aromatic heterocycles. The number of aliphatic hydroxyl groups is 1. The molecule has 0 saturated heterocycles. The van der Waals surface area contributed by atoms with Crippen LogP contribution in [0, 0.1) is 24.7 Å². The highest BCUT2D eigenvalue weighted by atomic mass is 16.5. The number of benzene rings is 10. The number of carbonyl (C=O) groups excluding carboxylic acids is 2. The number of carbonyl (C=O) groups is 2. The predicted molar refractivity (Wildman–Crippen MR) is 353 cm³/mol. The molecule has 2 atom stereocenters. The van der Waals surface area contributed by atoms with E-state index in [1.165, 1.54) is 41.7 Å². The highest BCUT2D eigenvalue weighted by Gasteiger charge is 2.40. The van der Waals surface area contributed by atoms with Gasteiger partial charge in [0.1, 0.15) is 11.5 Å². The number of aryl methyl sites for hydroxylation is 4. The molecule has 2 unspecified atom stereocenters. The third-order valence-corrected chi connectivity index (χ3v) is 16.1. The molecule has 11 heteroatoms. The average Bonchev–Trinajstić information content (AvgIpc) is 0.879. The van der Waals surface area contributed by atoms with Gasteiger partial charge in [-0.1, -0.05) is 139 Å². The summed E-state index contributed by atoms with van der Waals surface area (Å²) >= 11 is 0. The molecule has 0 saturated carbocycles. The predicted octanol–water partition coefficient (Wildman–Crippen LogP) is 15.4. The number of anilines is 2. The molecule has 88 heavy (non-hydrogen) atoms. The van der Waals surface area contributed by atoms with Gasteiger partial charge in [0.05, 0.1) is 28.4 Å². The number of hydrogen-bond donors (Lipinski definition) is 4. The van der Waals surface area contributed by atoms with E-state index in [4.69, 9.17) is 30.1 Å². The average molecular weight is 1170 g/mol. The summed E-state index contributed by atoms with van der Waals surface area (Å²) in [4.78, 5) is 22.7. The van der Waals surface area contributed by atoms with Crippen LogP contribution >= 0.6 is 0 Å². The summed E-state index contributed by atoms with van der Waals surface area (Å²) in [6, 6.07) is 61.0. The second-order valence-electron chi connectivity index (χ2n) is 21.4. The Kier molecular flexibility index (Phi) is 18.0. The van der Waals surface area contributed by atoms with Crippen molar-refractivity contribution in [1.82, 2.24) is 0 Å². The fraction of sp³-hybridized carbons (Fsp3) is 0.169. The summed E-state index contributed by atoms with van der Waals surface area (Å²) in [7, 11) is 6.62. The molecular weight excluding hydrogens is 1100 g/mol. The third-order valence-electron chi connectivity index (χ3n) is 16.1. The monoisotopic (exact) mass is 1160 g/mol. The zero-order chi connectivity index (χ0) is 62.1. The van der Waals surface area contributed by atoms with E-state index in [0.29, 0.717) is 45.6 Å². The van der Waals surface area contributed by atoms with E-state index >= 15 is 0 Å². The van der Waals surface area contributed by atoms with Crippen LogP contribution in [0.4, 0.5) is 11.4 Å². The second-order valence-corrected chi connectivity index (χ2v) is 21.4. The second kappa shape index (κ2) is 26.3. The highest BCUT2D eigenvalue weighted by molar-refractivity contribution is 6.05. The van der Waals surface area contributed by atoms with Crippen molar-refractivity contribution in [2.75, 3.05) is 39.1 Å². The maximum absolute atomic E-state index is 11.7. The van der Waals surface area contributed by atoms with Crippen LogP contribution in [0.25, 0.3) is 49.9 Å². The molecule has 10 aromatic rings.